The van der Waals surface area contributed by atoms with Gasteiger partial charge in [-0.3, -0.25) is 14.5 Å². The second-order valence-electron chi connectivity index (χ2n) is 6.73. The maximum absolute atomic E-state index is 12.4. The first kappa shape index (κ1) is 16.4. The highest BCUT2D eigenvalue weighted by molar-refractivity contribution is 7.18. The summed E-state index contributed by atoms with van der Waals surface area (Å²) >= 11 is 1.72. The lowest BCUT2D eigenvalue weighted by atomic mass is 9.97. The van der Waals surface area contributed by atoms with Gasteiger partial charge in [-0.2, -0.15) is 0 Å². The number of hydrogen-bond acceptors (Lipinski definition) is 6. The van der Waals surface area contributed by atoms with Crippen molar-refractivity contribution in [3.05, 3.63) is 52.2 Å². The van der Waals surface area contributed by atoms with Gasteiger partial charge in [-0.1, -0.05) is 12.1 Å². The third kappa shape index (κ3) is 2.61. The maximum Gasteiger partial charge on any atom is 0.261 e. The Labute approximate surface area is 159 Å². The summed E-state index contributed by atoms with van der Waals surface area (Å²) in [5.74, 6) is 0.0240. The molecule has 0 fully saturated rings. The number of ether oxygens (including phenoxy) is 1. The third-order valence-corrected chi connectivity index (χ3v) is 6.35. The third-order valence-electron chi connectivity index (χ3n) is 5.15. The molecule has 1 aromatic carbocycles. The smallest absolute Gasteiger partial charge is 0.261 e. The lowest BCUT2D eigenvalue weighted by molar-refractivity contribution is 0.0630. The zero-order valence-electron chi connectivity index (χ0n) is 14.6. The van der Waals surface area contributed by atoms with E-state index in [0.717, 1.165) is 23.1 Å². The fourth-order valence-corrected chi connectivity index (χ4v) is 5.07. The largest absolute Gasteiger partial charge is 0.475 e. The monoisotopic (exact) mass is 379 g/mol. The van der Waals surface area contributed by atoms with Crippen LogP contribution in [0.1, 0.15) is 44.0 Å². The van der Waals surface area contributed by atoms with E-state index in [2.05, 4.69) is 9.97 Å². The van der Waals surface area contributed by atoms with E-state index in [0.29, 0.717) is 17.0 Å². The maximum atomic E-state index is 12.4. The summed E-state index contributed by atoms with van der Waals surface area (Å²) in [7, 11) is 0. The highest BCUT2D eigenvalue weighted by Gasteiger charge is 2.34. The summed E-state index contributed by atoms with van der Waals surface area (Å²) < 4.78 is 5.91. The summed E-state index contributed by atoms with van der Waals surface area (Å²) in [6.07, 6.45) is 6.01. The molecule has 0 N–H and O–H groups in total. The molecule has 6 nitrogen and oxygen atoms in total. The van der Waals surface area contributed by atoms with Crippen LogP contribution in [0.2, 0.25) is 0 Å². The Morgan fingerprint density at radius 1 is 1.04 bits per heavy atom. The van der Waals surface area contributed by atoms with Crippen LogP contribution in [0.15, 0.2) is 30.6 Å². The average Bonchev–Trinajstić information content (AvgIpc) is 3.20. The van der Waals surface area contributed by atoms with Crippen molar-refractivity contribution in [1.82, 2.24) is 14.9 Å². The SMILES string of the molecule is O=C1c2ccccc2C(=O)N1CCOc1ncnc2sc3c(c12)CCCC3. The van der Waals surface area contributed by atoms with Crippen molar-refractivity contribution in [2.75, 3.05) is 13.2 Å². The summed E-state index contributed by atoms with van der Waals surface area (Å²) in [6, 6.07) is 6.90. The average molecular weight is 379 g/mol. The Morgan fingerprint density at radius 3 is 2.56 bits per heavy atom. The van der Waals surface area contributed by atoms with E-state index >= 15 is 0 Å². The lowest BCUT2D eigenvalue weighted by Gasteiger charge is -2.15. The van der Waals surface area contributed by atoms with Crippen LogP contribution >= 0.6 is 11.3 Å². The number of aromatic nitrogens is 2. The van der Waals surface area contributed by atoms with Gasteiger partial charge in [-0.05, 0) is 43.4 Å². The normalized spacial score (nSPS) is 15.9. The molecular weight excluding hydrogens is 362 g/mol. The Kier molecular flexibility index (Phi) is 3.89. The van der Waals surface area contributed by atoms with Crippen molar-refractivity contribution < 1.29 is 14.3 Å². The second kappa shape index (κ2) is 6.42. The van der Waals surface area contributed by atoms with Gasteiger partial charge in [-0.15, -0.1) is 11.3 Å². The molecule has 136 valence electrons. The summed E-state index contributed by atoms with van der Waals surface area (Å²) in [4.78, 5) is 37.2. The molecule has 0 atom stereocenters. The van der Waals surface area contributed by atoms with Crippen LogP contribution < -0.4 is 4.74 Å². The quantitative estimate of drug-likeness (QED) is 0.651. The number of rotatable bonds is 4. The lowest BCUT2D eigenvalue weighted by Crippen LogP contribution is -2.33. The molecule has 0 radical (unpaired) electrons. The van der Waals surface area contributed by atoms with Crippen LogP contribution in [-0.2, 0) is 12.8 Å². The molecule has 27 heavy (non-hydrogen) atoms. The highest BCUT2D eigenvalue weighted by atomic mass is 32.1. The molecule has 0 saturated carbocycles. The molecule has 2 aliphatic rings. The van der Waals surface area contributed by atoms with Crippen LogP contribution in [0.4, 0.5) is 0 Å². The first-order valence-corrected chi connectivity index (χ1v) is 9.89. The zero-order chi connectivity index (χ0) is 18.4. The number of thiophene rings is 1. The minimum absolute atomic E-state index is 0.199. The van der Waals surface area contributed by atoms with Crippen LogP contribution in [0.3, 0.4) is 0 Å². The first-order chi connectivity index (χ1) is 13.2. The van der Waals surface area contributed by atoms with E-state index in [1.165, 1.54) is 34.5 Å². The van der Waals surface area contributed by atoms with Crippen molar-refractivity contribution in [1.29, 1.82) is 0 Å². The topological polar surface area (TPSA) is 72.4 Å². The Hall–Kier alpha value is -2.80. The van der Waals surface area contributed by atoms with Gasteiger partial charge >= 0.3 is 0 Å². The summed E-state index contributed by atoms with van der Waals surface area (Å²) in [6.45, 7) is 0.409. The molecule has 2 aromatic heterocycles. The van der Waals surface area contributed by atoms with Gasteiger partial charge in [0.2, 0.25) is 5.88 Å². The van der Waals surface area contributed by atoms with Crippen molar-refractivity contribution in [2.24, 2.45) is 0 Å². The van der Waals surface area contributed by atoms with Gasteiger partial charge in [0.25, 0.3) is 11.8 Å². The standard InChI is InChI=1S/C20H17N3O3S/c24-19-12-5-1-2-6-13(12)20(25)23(19)9-10-26-17-16-14-7-3-4-8-15(14)27-18(16)22-11-21-17/h1-2,5-6,11H,3-4,7-10H2. The number of amides is 2. The molecule has 5 rings (SSSR count). The molecule has 0 spiro atoms. The van der Waals surface area contributed by atoms with Crippen molar-refractivity contribution in [3.63, 3.8) is 0 Å². The van der Waals surface area contributed by atoms with Gasteiger partial charge in [0.15, 0.2) is 0 Å². The number of benzene rings is 1. The number of carbonyl (C=O) groups excluding carboxylic acids is 2. The van der Waals surface area contributed by atoms with Crippen molar-refractivity contribution >= 4 is 33.4 Å². The predicted molar refractivity (Wildman–Crippen MR) is 101 cm³/mol. The number of fused-ring (bicyclic) bond motifs is 4. The molecule has 1 aliphatic carbocycles. The summed E-state index contributed by atoms with van der Waals surface area (Å²) in [5.41, 5.74) is 2.22. The molecule has 7 heteroatoms. The van der Waals surface area contributed by atoms with E-state index in [1.54, 1.807) is 35.6 Å². The van der Waals surface area contributed by atoms with E-state index in [-0.39, 0.29) is 25.0 Å². The molecule has 0 unspecified atom stereocenters. The van der Waals surface area contributed by atoms with E-state index in [9.17, 15) is 9.59 Å². The van der Waals surface area contributed by atoms with E-state index < -0.39 is 0 Å². The van der Waals surface area contributed by atoms with E-state index in [1.807, 2.05) is 0 Å². The zero-order valence-corrected chi connectivity index (χ0v) is 15.4. The minimum atomic E-state index is -0.264. The summed E-state index contributed by atoms with van der Waals surface area (Å²) in [5, 5.41) is 1.000. The van der Waals surface area contributed by atoms with Crippen LogP contribution in [0, 0.1) is 0 Å². The van der Waals surface area contributed by atoms with Crippen LogP contribution in [-0.4, -0.2) is 39.8 Å². The fourth-order valence-electron chi connectivity index (χ4n) is 3.85. The predicted octanol–water partition coefficient (Wildman–Crippen LogP) is 3.25. The molecule has 0 bridgehead atoms. The fraction of sp³-hybridized carbons (Fsp3) is 0.300. The Morgan fingerprint density at radius 2 is 1.78 bits per heavy atom. The van der Waals surface area contributed by atoms with Crippen molar-refractivity contribution in [3.8, 4) is 5.88 Å². The molecule has 0 saturated heterocycles. The van der Waals surface area contributed by atoms with Crippen LogP contribution in [0.25, 0.3) is 10.2 Å². The molecule has 1 aliphatic heterocycles. The molecular formula is C20H17N3O3S. The van der Waals surface area contributed by atoms with Gasteiger partial charge in [0.05, 0.1) is 23.1 Å². The molecule has 3 heterocycles. The number of carbonyl (C=O) groups is 2. The van der Waals surface area contributed by atoms with E-state index in [4.69, 9.17) is 4.74 Å². The highest BCUT2D eigenvalue weighted by Crippen LogP contribution is 2.38. The Balaban J connectivity index is 1.35. The number of aryl methyl sites for hydroxylation is 2. The number of nitrogens with zero attached hydrogens (tertiary/aromatic N) is 3. The van der Waals surface area contributed by atoms with Gasteiger partial charge < -0.3 is 4.74 Å². The first-order valence-electron chi connectivity index (χ1n) is 9.07. The van der Waals surface area contributed by atoms with Crippen LogP contribution in [0.5, 0.6) is 5.88 Å². The van der Waals surface area contributed by atoms with Gasteiger partial charge in [0, 0.05) is 4.88 Å². The second-order valence-corrected chi connectivity index (χ2v) is 7.81. The number of hydrogen-bond donors (Lipinski definition) is 0. The Bertz CT molecular complexity index is 1040. The van der Waals surface area contributed by atoms with Gasteiger partial charge in [0.1, 0.15) is 17.8 Å². The van der Waals surface area contributed by atoms with Crippen molar-refractivity contribution in [2.45, 2.75) is 25.7 Å². The number of imide groups is 1. The minimum Gasteiger partial charge on any atom is -0.475 e. The molecule has 2 amide bonds. The molecule has 3 aromatic rings. The van der Waals surface area contributed by atoms with Gasteiger partial charge in [-0.25, -0.2) is 9.97 Å².